The third-order valence-corrected chi connectivity index (χ3v) is 8.27. The lowest BCUT2D eigenvalue weighted by molar-refractivity contribution is 0.669. The van der Waals surface area contributed by atoms with Gasteiger partial charge in [-0.2, -0.15) is 9.97 Å². The molecule has 0 saturated carbocycles. The van der Waals surface area contributed by atoms with Crippen molar-refractivity contribution < 1.29 is 4.42 Å². The van der Waals surface area contributed by atoms with Gasteiger partial charge in [0.15, 0.2) is 11.6 Å². The van der Waals surface area contributed by atoms with Gasteiger partial charge < -0.3 is 4.42 Å². The van der Waals surface area contributed by atoms with E-state index in [1.54, 1.807) is 0 Å². The van der Waals surface area contributed by atoms with Crippen LogP contribution >= 0.6 is 0 Å². The highest BCUT2D eigenvalue weighted by Gasteiger charge is 2.20. The SMILES string of the molecule is c1ccc(-c2nc(-c3ccccc3)nc(-n3c4ccccc4c4cccc(-c5ccc6oc7ccccc7c6c5)c43)n2)cc1. The molecule has 0 aliphatic heterocycles. The number of nitrogens with zero attached hydrogens (tertiary/aromatic N) is 4. The van der Waals surface area contributed by atoms with Crippen LogP contribution in [0.5, 0.6) is 0 Å². The third-order valence-electron chi connectivity index (χ3n) is 8.27. The van der Waals surface area contributed by atoms with Crippen molar-refractivity contribution in [3.05, 3.63) is 146 Å². The molecular weight excluding hydrogens is 540 g/mol. The van der Waals surface area contributed by atoms with E-state index in [0.29, 0.717) is 17.6 Å². The maximum atomic E-state index is 6.15. The summed E-state index contributed by atoms with van der Waals surface area (Å²) in [6.07, 6.45) is 0. The van der Waals surface area contributed by atoms with Crippen LogP contribution in [0, 0.1) is 0 Å². The highest BCUT2D eigenvalue weighted by molar-refractivity contribution is 6.14. The summed E-state index contributed by atoms with van der Waals surface area (Å²) >= 11 is 0. The zero-order chi connectivity index (χ0) is 29.0. The molecule has 0 saturated heterocycles. The van der Waals surface area contributed by atoms with Crippen LogP contribution in [-0.2, 0) is 0 Å². The summed E-state index contributed by atoms with van der Waals surface area (Å²) in [7, 11) is 0. The largest absolute Gasteiger partial charge is 0.456 e. The number of hydrogen-bond acceptors (Lipinski definition) is 4. The fourth-order valence-corrected chi connectivity index (χ4v) is 6.25. The maximum Gasteiger partial charge on any atom is 0.238 e. The Balaban J connectivity index is 1.37. The van der Waals surface area contributed by atoms with Gasteiger partial charge in [0.05, 0.1) is 11.0 Å². The van der Waals surface area contributed by atoms with Gasteiger partial charge in [0.2, 0.25) is 5.95 Å². The monoisotopic (exact) mass is 564 g/mol. The molecule has 206 valence electrons. The maximum absolute atomic E-state index is 6.15. The highest BCUT2D eigenvalue weighted by Crippen LogP contribution is 2.40. The Morgan fingerprint density at radius 2 is 1.05 bits per heavy atom. The van der Waals surface area contributed by atoms with Crippen molar-refractivity contribution in [3.8, 4) is 39.9 Å². The topological polar surface area (TPSA) is 56.7 Å². The first-order chi connectivity index (χ1) is 21.8. The van der Waals surface area contributed by atoms with E-state index in [0.717, 1.165) is 66.0 Å². The second-order valence-electron chi connectivity index (χ2n) is 10.9. The smallest absolute Gasteiger partial charge is 0.238 e. The number of aromatic nitrogens is 4. The van der Waals surface area contributed by atoms with Crippen molar-refractivity contribution >= 4 is 43.7 Å². The van der Waals surface area contributed by atoms with Crippen LogP contribution < -0.4 is 0 Å². The lowest BCUT2D eigenvalue weighted by Crippen LogP contribution is -2.06. The summed E-state index contributed by atoms with van der Waals surface area (Å²) in [6.45, 7) is 0. The molecule has 0 aliphatic carbocycles. The quantitative estimate of drug-likeness (QED) is 0.213. The van der Waals surface area contributed by atoms with Gasteiger partial charge >= 0.3 is 0 Å². The number of rotatable bonds is 4. The van der Waals surface area contributed by atoms with Crippen molar-refractivity contribution in [2.75, 3.05) is 0 Å². The highest BCUT2D eigenvalue weighted by atomic mass is 16.3. The molecule has 0 bridgehead atoms. The molecule has 0 atom stereocenters. The van der Waals surface area contributed by atoms with E-state index in [1.165, 1.54) is 0 Å². The fourth-order valence-electron chi connectivity index (χ4n) is 6.25. The predicted molar refractivity (Wildman–Crippen MR) is 178 cm³/mol. The van der Waals surface area contributed by atoms with Crippen LogP contribution in [0.4, 0.5) is 0 Å². The average molecular weight is 565 g/mol. The van der Waals surface area contributed by atoms with E-state index < -0.39 is 0 Å². The Hall–Kier alpha value is -6.07. The van der Waals surface area contributed by atoms with Crippen LogP contribution in [0.2, 0.25) is 0 Å². The lowest BCUT2D eigenvalue weighted by Gasteiger charge is -2.13. The van der Waals surface area contributed by atoms with Gasteiger partial charge in [0.1, 0.15) is 11.2 Å². The molecule has 5 nitrogen and oxygen atoms in total. The minimum Gasteiger partial charge on any atom is -0.456 e. The molecule has 44 heavy (non-hydrogen) atoms. The molecule has 0 unspecified atom stereocenters. The zero-order valence-electron chi connectivity index (χ0n) is 23.6. The molecule has 3 heterocycles. The van der Waals surface area contributed by atoms with E-state index >= 15 is 0 Å². The summed E-state index contributed by atoms with van der Waals surface area (Å²) in [4.78, 5) is 15.2. The molecule has 0 fully saturated rings. The van der Waals surface area contributed by atoms with Crippen LogP contribution in [0.1, 0.15) is 0 Å². The minimum atomic E-state index is 0.575. The first kappa shape index (κ1) is 24.5. The van der Waals surface area contributed by atoms with Crippen molar-refractivity contribution in [2.45, 2.75) is 0 Å². The van der Waals surface area contributed by atoms with E-state index in [1.807, 2.05) is 72.8 Å². The molecule has 0 radical (unpaired) electrons. The standard InChI is InChI=1S/C39H24N4O/c1-3-12-25(13-4-1)37-40-38(26-14-5-2-6-15-26)42-39(41-37)43-33-20-9-7-16-29(33)31-19-11-18-28(36(31)43)27-22-23-35-32(24-27)30-17-8-10-21-34(30)44-35/h1-24H. The predicted octanol–water partition coefficient (Wildman–Crippen LogP) is 9.87. The van der Waals surface area contributed by atoms with E-state index in [4.69, 9.17) is 19.4 Å². The van der Waals surface area contributed by atoms with Gasteiger partial charge in [-0.05, 0) is 29.8 Å². The molecule has 0 aliphatic rings. The molecular formula is C39H24N4O. The summed E-state index contributed by atoms with van der Waals surface area (Å²) in [5.41, 5.74) is 7.91. The Bertz CT molecular complexity index is 2440. The molecule has 3 aromatic heterocycles. The molecule has 5 heteroatoms. The Morgan fingerprint density at radius 3 is 1.80 bits per heavy atom. The van der Waals surface area contributed by atoms with Crippen molar-refractivity contribution in [1.82, 2.24) is 19.5 Å². The summed E-state index contributed by atoms with van der Waals surface area (Å²) < 4.78 is 8.34. The minimum absolute atomic E-state index is 0.575. The zero-order valence-corrected chi connectivity index (χ0v) is 23.6. The van der Waals surface area contributed by atoms with Gasteiger partial charge in [0.25, 0.3) is 0 Å². The number of fused-ring (bicyclic) bond motifs is 6. The van der Waals surface area contributed by atoms with Crippen molar-refractivity contribution in [2.24, 2.45) is 0 Å². The molecule has 0 N–H and O–H groups in total. The fraction of sp³-hybridized carbons (Fsp3) is 0. The second-order valence-corrected chi connectivity index (χ2v) is 10.9. The van der Waals surface area contributed by atoms with Crippen molar-refractivity contribution in [3.63, 3.8) is 0 Å². The molecule has 9 aromatic rings. The second kappa shape index (κ2) is 9.75. The molecule has 6 aromatic carbocycles. The van der Waals surface area contributed by atoms with E-state index in [9.17, 15) is 0 Å². The summed E-state index contributed by atoms with van der Waals surface area (Å²) in [5.74, 6) is 1.83. The number of benzene rings is 6. The normalized spacial score (nSPS) is 11.6. The molecule has 9 rings (SSSR count). The van der Waals surface area contributed by atoms with Gasteiger partial charge in [-0.25, -0.2) is 4.98 Å². The van der Waals surface area contributed by atoms with Gasteiger partial charge in [-0.1, -0.05) is 121 Å². The average Bonchev–Trinajstić information content (AvgIpc) is 3.64. The van der Waals surface area contributed by atoms with E-state index in [-0.39, 0.29) is 0 Å². The molecule has 0 spiro atoms. The number of para-hydroxylation sites is 3. The lowest BCUT2D eigenvalue weighted by atomic mass is 10.00. The van der Waals surface area contributed by atoms with Gasteiger partial charge in [-0.3, -0.25) is 4.57 Å². The molecule has 0 amide bonds. The van der Waals surface area contributed by atoms with E-state index in [2.05, 4.69) is 77.4 Å². The van der Waals surface area contributed by atoms with Gasteiger partial charge in [-0.15, -0.1) is 0 Å². The van der Waals surface area contributed by atoms with Crippen LogP contribution in [-0.4, -0.2) is 19.5 Å². The number of hydrogen-bond donors (Lipinski definition) is 0. The Kier molecular flexibility index (Phi) is 5.43. The van der Waals surface area contributed by atoms with Gasteiger partial charge in [0, 0.05) is 38.2 Å². The Morgan fingerprint density at radius 1 is 0.432 bits per heavy atom. The Labute approximate surface area is 252 Å². The van der Waals surface area contributed by atoms with Crippen molar-refractivity contribution in [1.29, 1.82) is 0 Å². The number of furan rings is 1. The first-order valence-electron chi connectivity index (χ1n) is 14.6. The van der Waals surface area contributed by atoms with Crippen LogP contribution in [0.3, 0.4) is 0 Å². The summed E-state index contributed by atoms with van der Waals surface area (Å²) in [5, 5.41) is 4.48. The summed E-state index contributed by atoms with van der Waals surface area (Å²) in [6, 6.07) is 49.8. The first-order valence-corrected chi connectivity index (χ1v) is 14.6. The van der Waals surface area contributed by atoms with Crippen LogP contribution in [0.25, 0.3) is 83.6 Å². The van der Waals surface area contributed by atoms with Crippen LogP contribution in [0.15, 0.2) is 150 Å². The third kappa shape index (κ3) is 3.83.